The fraction of sp³-hybridized carbons (Fsp3) is 0.444. The molecule has 70 heavy (non-hydrogen) atoms. The van der Waals surface area contributed by atoms with E-state index in [-0.39, 0.29) is 45.6 Å². The normalized spacial score (nSPS) is 32.1. The minimum absolute atomic E-state index is 0.0123. The van der Waals surface area contributed by atoms with Gasteiger partial charge in [-0.05, 0) is 48.0 Å². The molecule has 3 saturated heterocycles. The number of allylic oxidation sites excluding steroid dienone is 1. The first-order chi connectivity index (χ1) is 33.3. The summed E-state index contributed by atoms with van der Waals surface area (Å²) in [6, 6.07) is 13.4. The molecule has 0 spiro atoms. The number of rotatable bonds is 16. The molecule has 380 valence electrons. The SMILES string of the molecule is O=C([OH2+])CC(=O)OC[C@H]1O[C@@H](Oc2cc(O)cc3c2CC(O[C@@H]2O[C@H](COC(=O)/C=C/c4ccc(O)cc4)[C@@H](O)[C@H](O)[C@H]2O[C@@H]2O[C@H](CO)[C@@H](O)[C@H](O)[C@H]2O)=C(c2ccc(O)cc2)O3)[C@H](O)[C@@H](O)[C@@H]1O. The van der Waals surface area contributed by atoms with Crippen molar-refractivity contribution in [1.29, 1.82) is 0 Å². The molecule has 25 heteroatoms. The third-order valence-electron chi connectivity index (χ3n) is 11.4. The van der Waals surface area contributed by atoms with Crippen molar-refractivity contribution in [3.05, 3.63) is 89.2 Å². The van der Waals surface area contributed by atoms with Crippen LogP contribution in [0, 0.1) is 0 Å². The van der Waals surface area contributed by atoms with Crippen LogP contribution < -0.4 is 9.47 Å². The summed E-state index contributed by atoms with van der Waals surface area (Å²) in [5, 5.41) is 135. The first-order valence-corrected chi connectivity index (χ1v) is 21.4. The van der Waals surface area contributed by atoms with E-state index in [2.05, 4.69) is 0 Å². The quantitative estimate of drug-likeness (QED) is 0.0285. The van der Waals surface area contributed by atoms with Gasteiger partial charge in [0.2, 0.25) is 19.0 Å². The first-order valence-electron chi connectivity index (χ1n) is 21.4. The van der Waals surface area contributed by atoms with E-state index in [9.17, 15) is 75.7 Å². The Labute approximate surface area is 395 Å². The Kier molecular flexibility index (Phi) is 16.4. The van der Waals surface area contributed by atoms with Crippen LogP contribution >= 0.6 is 0 Å². The molecular formula is C45H51O25+. The van der Waals surface area contributed by atoms with E-state index in [1.807, 2.05) is 0 Å². The second kappa shape index (κ2) is 22.3. The summed E-state index contributed by atoms with van der Waals surface area (Å²) in [5.74, 6) is -4.75. The van der Waals surface area contributed by atoms with Gasteiger partial charge in [-0.15, -0.1) is 0 Å². The van der Waals surface area contributed by atoms with Crippen LogP contribution in [0.3, 0.4) is 0 Å². The largest absolute Gasteiger partial charge is 0.564 e. The van der Waals surface area contributed by atoms with Gasteiger partial charge in [0.25, 0.3) is 0 Å². The van der Waals surface area contributed by atoms with Crippen LogP contribution in [-0.2, 0) is 54.0 Å². The van der Waals surface area contributed by atoms with Crippen molar-refractivity contribution in [2.45, 2.75) is 105 Å². The lowest BCUT2D eigenvalue weighted by atomic mass is 9.97. The average molecular weight is 992 g/mol. The van der Waals surface area contributed by atoms with Crippen molar-refractivity contribution in [2.24, 2.45) is 0 Å². The standard InChI is InChI=1S/C45H50O25/c46-15-27-33(54)36(57)40(61)44(67-27)70-42-38(59)35(56)29(16-62-31(52)10-3-18-1-6-20(47)7-2-18)69-45(42)66-26-13-23-24(64-41(26)19-4-8-21(48)9-5-19)11-22(49)12-25(23)65-43-39(60)37(58)34(55)28(68-43)17-63-32(53)14-30(50)51/h1-12,27-29,33-40,42-49,54-61H,13-17H2,(H,50,51)/p+1/b10-3+/t27-,28-,29-,33-,34-,35-,36+,37+,38+,39-,40-,42-,43-,44+,45-/m1/s1. The van der Waals surface area contributed by atoms with Gasteiger partial charge in [0.1, 0.15) is 115 Å². The van der Waals surface area contributed by atoms with Gasteiger partial charge in [0.05, 0.1) is 6.61 Å². The van der Waals surface area contributed by atoms with Crippen molar-refractivity contribution in [3.8, 4) is 28.7 Å². The molecule has 0 bridgehead atoms. The summed E-state index contributed by atoms with van der Waals surface area (Å²) in [7, 11) is 0. The number of aromatic hydroxyl groups is 3. The third-order valence-corrected chi connectivity index (χ3v) is 11.4. The maximum absolute atomic E-state index is 12.8. The molecule has 0 aliphatic carbocycles. The Morgan fingerprint density at radius 2 is 1.21 bits per heavy atom. The van der Waals surface area contributed by atoms with Crippen molar-refractivity contribution in [1.82, 2.24) is 0 Å². The van der Waals surface area contributed by atoms with Crippen LogP contribution in [0.1, 0.15) is 23.1 Å². The zero-order valence-corrected chi connectivity index (χ0v) is 36.4. The minimum Gasteiger partial charge on any atom is -0.564 e. The molecule has 3 aromatic carbocycles. The van der Waals surface area contributed by atoms with Gasteiger partial charge in [-0.3, -0.25) is 4.79 Å². The first kappa shape index (κ1) is 51.7. The van der Waals surface area contributed by atoms with Gasteiger partial charge >= 0.3 is 17.9 Å². The van der Waals surface area contributed by atoms with Gasteiger partial charge < -0.3 is 109 Å². The van der Waals surface area contributed by atoms with Gasteiger partial charge in [-0.2, -0.15) is 0 Å². The highest BCUT2D eigenvalue weighted by molar-refractivity contribution is 5.90. The maximum atomic E-state index is 12.8. The number of benzene rings is 3. The Balaban J connectivity index is 1.20. The highest BCUT2D eigenvalue weighted by Gasteiger charge is 2.53. The third kappa shape index (κ3) is 11.9. The average Bonchev–Trinajstić information content (AvgIpc) is 3.32. The molecule has 7 rings (SSSR count). The fourth-order valence-electron chi connectivity index (χ4n) is 7.67. The molecule has 4 aliphatic rings. The summed E-state index contributed by atoms with van der Waals surface area (Å²) >= 11 is 0. The molecule has 4 heterocycles. The molecule has 3 aromatic rings. The molecule has 14 N–H and O–H groups in total. The van der Waals surface area contributed by atoms with E-state index in [1.165, 1.54) is 54.6 Å². The number of aliphatic hydroxyl groups excluding tert-OH is 9. The summed E-state index contributed by atoms with van der Waals surface area (Å²) in [6.07, 6.45) is -26.8. The number of hydrogen-bond donors (Lipinski definition) is 12. The van der Waals surface area contributed by atoms with Gasteiger partial charge in [-0.1, -0.05) is 12.1 Å². The van der Waals surface area contributed by atoms with Crippen molar-refractivity contribution in [2.75, 3.05) is 19.8 Å². The molecular weight excluding hydrogens is 940 g/mol. The van der Waals surface area contributed by atoms with E-state index in [0.717, 1.165) is 18.2 Å². The maximum Gasteiger partial charge on any atom is 0.527 e. The van der Waals surface area contributed by atoms with Crippen LogP contribution in [0.25, 0.3) is 11.8 Å². The predicted octanol–water partition coefficient (Wildman–Crippen LogP) is -3.62. The highest BCUT2D eigenvalue weighted by atomic mass is 16.8. The molecule has 3 fully saturated rings. The molecule has 15 atom stereocenters. The summed E-state index contributed by atoms with van der Waals surface area (Å²) in [6.45, 7) is -2.35. The fourth-order valence-corrected chi connectivity index (χ4v) is 7.67. The minimum atomic E-state index is -2.06. The molecule has 0 unspecified atom stereocenters. The molecule has 0 amide bonds. The van der Waals surface area contributed by atoms with E-state index >= 15 is 0 Å². The molecule has 25 nitrogen and oxygen atoms in total. The lowest BCUT2D eigenvalue weighted by Crippen LogP contribution is -2.64. The Hall–Kier alpha value is -6.17. The smallest absolute Gasteiger partial charge is 0.527 e. The second-order valence-corrected chi connectivity index (χ2v) is 16.4. The number of phenols is 3. The molecule has 0 aromatic heterocycles. The lowest BCUT2D eigenvalue weighted by molar-refractivity contribution is -0.363. The number of fused-ring (bicyclic) bond motifs is 1. The van der Waals surface area contributed by atoms with Crippen molar-refractivity contribution in [3.63, 3.8) is 0 Å². The Morgan fingerprint density at radius 1 is 0.643 bits per heavy atom. The van der Waals surface area contributed by atoms with Gasteiger partial charge in [0.15, 0.2) is 18.2 Å². The number of carbonyl (C=O) groups is 3. The number of esters is 2. The van der Waals surface area contributed by atoms with Crippen molar-refractivity contribution >= 4 is 29.7 Å². The zero-order valence-electron chi connectivity index (χ0n) is 36.4. The topological polar surface area (TPSA) is 400 Å². The lowest BCUT2D eigenvalue weighted by Gasteiger charge is -2.46. The van der Waals surface area contributed by atoms with Crippen LogP contribution in [0.4, 0.5) is 0 Å². The predicted molar refractivity (Wildman–Crippen MR) is 227 cm³/mol. The number of hydrogen-bond acceptors (Lipinski definition) is 24. The highest BCUT2D eigenvalue weighted by Crippen LogP contribution is 2.45. The van der Waals surface area contributed by atoms with E-state index in [0.29, 0.717) is 5.56 Å². The zero-order chi connectivity index (χ0) is 50.6. The van der Waals surface area contributed by atoms with Gasteiger partial charge in [0, 0.05) is 40.6 Å². The van der Waals surface area contributed by atoms with E-state index < -0.39 is 148 Å². The van der Waals surface area contributed by atoms with Crippen molar-refractivity contribution < 1.29 is 123 Å². The van der Waals surface area contributed by atoms with Crippen LogP contribution in [0.2, 0.25) is 0 Å². The monoisotopic (exact) mass is 991 g/mol. The van der Waals surface area contributed by atoms with E-state index in [4.69, 9.17) is 47.7 Å². The summed E-state index contributed by atoms with van der Waals surface area (Å²) < 4.78 is 52.1. The summed E-state index contributed by atoms with van der Waals surface area (Å²) in [4.78, 5) is 35.9. The van der Waals surface area contributed by atoms with E-state index in [1.54, 1.807) is 0 Å². The second-order valence-electron chi connectivity index (χ2n) is 16.4. The van der Waals surface area contributed by atoms with Crippen LogP contribution in [-0.4, -0.2) is 196 Å². The Bertz CT molecular complexity index is 2370. The molecule has 4 aliphatic heterocycles. The number of aliphatic hydroxyl groups is 9. The molecule has 0 saturated carbocycles. The Morgan fingerprint density at radius 3 is 1.86 bits per heavy atom. The van der Waals surface area contributed by atoms with Crippen LogP contribution in [0.15, 0.2) is 72.5 Å². The molecule has 0 radical (unpaired) electrons. The number of ether oxygens (including phenoxy) is 9. The van der Waals surface area contributed by atoms with Gasteiger partial charge in [-0.25, -0.2) is 4.79 Å². The summed E-state index contributed by atoms with van der Waals surface area (Å²) in [5.41, 5.74) is 0.753. The number of phenolic OH excluding ortho intramolecular Hbond substituents is 3. The van der Waals surface area contributed by atoms with Crippen LogP contribution in [0.5, 0.6) is 28.7 Å². The number of carbonyl (C=O) groups excluding carboxylic acids is 3.